The van der Waals surface area contributed by atoms with Crippen molar-refractivity contribution in [1.29, 1.82) is 0 Å². The number of carbonyl (C=O) groups is 1. The van der Waals surface area contributed by atoms with Gasteiger partial charge in [0.25, 0.3) is 0 Å². The molecule has 3 N–H and O–H groups in total. The third-order valence-corrected chi connectivity index (χ3v) is 3.79. The molecule has 3 nitrogen and oxygen atoms in total. The topological polar surface area (TPSA) is 55.1 Å². The second-order valence-corrected chi connectivity index (χ2v) is 7.30. The molecule has 0 aromatic rings. The largest absolute Gasteiger partial charge is 0.356 e. The minimum atomic E-state index is 0.139. The van der Waals surface area contributed by atoms with Gasteiger partial charge >= 0.3 is 0 Å². The lowest BCUT2D eigenvalue weighted by atomic mass is 9.80. The summed E-state index contributed by atoms with van der Waals surface area (Å²) in [5.41, 5.74) is 5.84. The van der Waals surface area contributed by atoms with E-state index in [9.17, 15) is 4.79 Å². The molecule has 0 aliphatic rings. The van der Waals surface area contributed by atoms with Crippen LogP contribution in [0.3, 0.4) is 0 Å². The predicted molar refractivity (Wildman–Crippen MR) is 78.3 cm³/mol. The van der Waals surface area contributed by atoms with Crippen LogP contribution in [0.25, 0.3) is 0 Å². The Morgan fingerprint density at radius 1 is 1.22 bits per heavy atom. The summed E-state index contributed by atoms with van der Waals surface area (Å²) in [6.45, 7) is 14.5. The van der Waals surface area contributed by atoms with E-state index >= 15 is 0 Å². The normalized spacial score (nSPS) is 14.4. The summed E-state index contributed by atoms with van der Waals surface area (Å²) in [5.74, 6) is 0.558. The number of carbonyl (C=O) groups excluding carboxylic acids is 1. The minimum Gasteiger partial charge on any atom is -0.356 e. The van der Waals surface area contributed by atoms with Crippen LogP contribution in [0.15, 0.2) is 0 Å². The van der Waals surface area contributed by atoms with Crippen LogP contribution in [-0.2, 0) is 4.79 Å². The summed E-state index contributed by atoms with van der Waals surface area (Å²) >= 11 is 0. The van der Waals surface area contributed by atoms with E-state index in [4.69, 9.17) is 5.73 Å². The molecule has 1 amide bonds. The van der Waals surface area contributed by atoms with Crippen molar-refractivity contribution in [2.75, 3.05) is 13.1 Å². The molecule has 1 atom stereocenters. The van der Waals surface area contributed by atoms with Crippen molar-refractivity contribution < 1.29 is 4.79 Å². The van der Waals surface area contributed by atoms with Crippen molar-refractivity contribution >= 4 is 5.91 Å². The van der Waals surface area contributed by atoms with Crippen LogP contribution < -0.4 is 11.1 Å². The van der Waals surface area contributed by atoms with Gasteiger partial charge < -0.3 is 11.1 Å². The first kappa shape index (κ1) is 17.4. The monoisotopic (exact) mass is 256 g/mol. The zero-order valence-electron chi connectivity index (χ0n) is 13.1. The van der Waals surface area contributed by atoms with E-state index in [0.29, 0.717) is 12.3 Å². The fourth-order valence-electron chi connectivity index (χ4n) is 1.66. The fraction of sp³-hybridized carbons (Fsp3) is 0.933. The lowest BCUT2D eigenvalue weighted by Gasteiger charge is -2.28. The summed E-state index contributed by atoms with van der Waals surface area (Å²) in [5, 5.41) is 3.06. The molecule has 0 aliphatic carbocycles. The van der Waals surface area contributed by atoms with Crippen molar-refractivity contribution in [3.8, 4) is 0 Å². The van der Waals surface area contributed by atoms with E-state index in [-0.39, 0.29) is 16.7 Å². The molecule has 0 aromatic heterocycles. The van der Waals surface area contributed by atoms with Gasteiger partial charge in [-0.15, -0.1) is 0 Å². The Hall–Kier alpha value is -0.570. The number of nitrogens with one attached hydrogen (secondary N) is 1. The number of hydrogen-bond donors (Lipinski definition) is 2. The molecule has 3 heteroatoms. The SMILES string of the molecule is CC(CC(=O)NCC(C)(C)CCCN)C(C)(C)C. The van der Waals surface area contributed by atoms with Crippen molar-refractivity contribution in [3.05, 3.63) is 0 Å². The van der Waals surface area contributed by atoms with Crippen molar-refractivity contribution in [3.63, 3.8) is 0 Å². The average molecular weight is 256 g/mol. The molecule has 108 valence electrons. The molecule has 0 heterocycles. The van der Waals surface area contributed by atoms with Gasteiger partial charge in [0.05, 0.1) is 0 Å². The van der Waals surface area contributed by atoms with E-state index < -0.39 is 0 Å². The van der Waals surface area contributed by atoms with E-state index in [0.717, 1.165) is 25.9 Å². The van der Waals surface area contributed by atoms with Crippen LogP contribution in [0.4, 0.5) is 0 Å². The highest BCUT2D eigenvalue weighted by Crippen LogP contribution is 2.28. The van der Waals surface area contributed by atoms with Crippen LogP contribution in [0.5, 0.6) is 0 Å². The maximum atomic E-state index is 11.9. The Balaban J connectivity index is 4.03. The average Bonchev–Trinajstić information content (AvgIpc) is 2.22. The van der Waals surface area contributed by atoms with Crippen LogP contribution in [-0.4, -0.2) is 19.0 Å². The standard InChI is InChI=1S/C15H32N2O/c1-12(14(2,3)4)10-13(18)17-11-15(5,6)8-7-9-16/h12H,7-11,16H2,1-6H3,(H,17,18). The summed E-state index contributed by atoms with van der Waals surface area (Å²) in [6, 6.07) is 0. The van der Waals surface area contributed by atoms with E-state index in [1.54, 1.807) is 0 Å². The molecular formula is C15H32N2O. The van der Waals surface area contributed by atoms with Gasteiger partial charge in [0.2, 0.25) is 5.91 Å². The number of amides is 1. The molecule has 0 saturated carbocycles. The Morgan fingerprint density at radius 2 is 1.78 bits per heavy atom. The zero-order chi connectivity index (χ0) is 14.4. The van der Waals surface area contributed by atoms with Gasteiger partial charge in [-0.25, -0.2) is 0 Å². The van der Waals surface area contributed by atoms with Crippen LogP contribution in [0.2, 0.25) is 0 Å². The third-order valence-electron chi connectivity index (χ3n) is 3.79. The Labute approximate surface area is 113 Å². The van der Waals surface area contributed by atoms with Crippen molar-refractivity contribution in [2.24, 2.45) is 22.5 Å². The molecular weight excluding hydrogens is 224 g/mol. The molecule has 18 heavy (non-hydrogen) atoms. The number of nitrogens with two attached hydrogens (primary N) is 1. The first-order chi connectivity index (χ1) is 8.08. The van der Waals surface area contributed by atoms with Crippen molar-refractivity contribution in [2.45, 2.75) is 60.8 Å². The Morgan fingerprint density at radius 3 is 2.22 bits per heavy atom. The predicted octanol–water partition coefficient (Wildman–Crippen LogP) is 2.94. The molecule has 0 fully saturated rings. The van der Waals surface area contributed by atoms with Gasteiger partial charge in [0, 0.05) is 13.0 Å². The molecule has 1 unspecified atom stereocenters. The maximum Gasteiger partial charge on any atom is 0.220 e. The third kappa shape index (κ3) is 7.70. The second kappa shape index (κ2) is 7.13. The van der Waals surface area contributed by atoms with Gasteiger partial charge in [-0.1, -0.05) is 41.5 Å². The van der Waals surface area contributed by atoms with E-state index in [1.165, 1.54) is 0 Å². The van der Waals surface area contributed by atoms with Crippen LogP contribution in [0.1, 0.15) is 60.8 Å². The second-order valence-electron chi connectivity index (χ2n) is 7.30. The Bertz CT molecular complexity index is 254. The summed E-state index contributed by atoms with van der Waals surface area (Å²) < 4.78 is 0. The van der Waals surface area contributed by atoms with E-state index in [1.807, 2.05) is 0 Å². The van der Waals surface area contributed by atoms with Crippen LogP contribution >= 0.6 is 0 Å². The highest BCUT2D eigenvalue weighted by atomic mass is 16.1. The van der Waals surface area contributed by atoms with Gasteiger partial charge in [-0.2, -0.15) is 0 Å². The first-order valence-electron chi connectivity index (χ1n) is 7.05. The molecule has 0 rings (SSSR count). The highest BCUT2D eigenvalue weighted by molar-refractivity contribution is 5.76. The van der Waals surface area contributed by atoms with Gasteiger partial charge in [-0.05, 0) is 36.1 Å². The van der Waals surface area contributed by atoms with Gasteiger partial charge in [0.15, 0.2) is 0 Å². The highest BCUT2D eigenvalue weighted by Gasteiger charge is 2.24. The molecule has 0 bridgehead atoms. The summed E-state index contributed by atoms with van der Waals surface area (Å²) in [7, 11) is 0. The summed E-state index contributed by atoms with van der Waals surface area (Å²) in [6.07, 6.45) is 2.68. The smallest absolute Gasteiger partial charge is 0.220 e. The zero-order valence-corrected chi connectivity index (χ0v) is 13.1. The van der Waals surface area contributed by atoms with Crippen LogP contribution in [0, 0.1) is 16.7 Å². The molecule has 0 saturated heterocycles. The first-order valence-corrected chi connectivity index (χ1v) is 7.05. The molecule has 0 aromatic carbocycles. The van der Waals surface area contributed by atoms with Crippen molar-refractivity contribution in [1.82, 2.24) is 5.32 Å². The minimum absolute atomic E-state index is 0.139. The quantitative estimate of drug-likeness (QED) is 0.736. The fourth-order valence-corrected chi connectivity index (χ4v) is 1.66. The molecule has 0 radical (unpaired) electrons. The lowest BCUT2D eigenvalue weighted by molar-refractivity contribution is -0.123. The van der Waals surface area contributed by atoms with Gasteiger partial charge in [-0.3, -0.25) is 4.79 Å². The summed E-state index contributed by atoms with van der Waals surface area (Å²) in [4.78, 5) is 11.9. The maximum absolute atomic E-state index is 11.9. The van der Waals surface area contributed by atoms with Gasteiger partial charge in [0.1, 0.15) is 0 Å². The lowest BCUT2D eigenvalue weighted by Crippen LogP contribution is -2.36. The Kier molecular flexibility index (Phi) is 6.90. The number of hydrogen-bond acceptors (Lipinski definition) is 2. The molecule has 0 aliphatic heterocycles. The number of rotatable bonds is 7. The molecule has 0 spiro atoms. The van der Waals surface area contributed by atoms with E-state index in [2.05, 4.69) is 46.9 Å².